The lowest BCUT2D eigenvalue weighted by Gasteiger charge is -2.24. The summed E-state index contributed by atoms with van der Waals surface area (Å²) in [5, 5.41) is 3.06. The van der Waals surface area contributed by atoms with Crippen molar-refractivity contribution in [2.24, 2.45) is 0 Å². The third kappa shape index (κ3) is 3.99. The molecule has 0 unspecified atom stereocenters. The first-order valence-corrected chi connectivity index (χ1v) is 8.34. The molecule has 3 rings (SSSR count). The molecule has 1 aliphatic rings. The number of carbonyl (C=O) groups is 1. The zero-order valence-corrected chi connectivity index (χ0v) is 13.7. The van der Waals surface area contributed by atoms with Crippen LogP contribution < -0.4 is 5.32 Å². The summed E-state index contributed by atoms with van der Waals surface area (Å²) in [6, 6.07) is 19.1. The maximum absolute atomic E-state index is 12.3. The Kier molecular flexibility index (Phi) is 5.09. The molecule has 2 aromatic rings. The summed E-state index contributed by atoms with van der Waals surface area (Å²) < 4.78 is 0. The van der Waals surface area contributed by atoms with Gasteiger partial charge in [0.1, 0.15) is 0 Å². The Bertz CT molecular complexity index is 654. The average Bonchev–Trinajstić information content (AvgIpc) is 3.03. The van der Waals surface area contributed by atoms with Gasteiger partial charge in [-0.2, -0.15) is 0 Å². The molecule has 1 saturated heterocycles. The van der Waals surface area contributed by atoms with Crippen molar-refractivity contribution in [2.75, 3.05) is 13.1 Å². The quantitative estimate of drug-likeness (QED) is 0.917. The van der Waals surface area contributed by atoms with Gasteiger partial charge in [0.15, 0.2) is 0 Å². The van der Waals surface area contributed by atoms with E-state index in [2.05, 4.69) is 53.5 Å². The normalized spacial score (nSPS) is 18.0. The summed E-state index contributed by atoms with van der Waals surface area (Å²) >= 11 is 0. The molecule has 1 amide bonds. The van der Waals surface area contributed by atoms with Gasteiger partial charge in [-0.15, -0.1) is 0 Å². The SMILES string of the molecule is Cc1ccccc1CNC(=O)CN1CCC[C@@H]1c1ccccc1. The monoisotopic (exact) mass is 308 g/mol. The number of nitrogens with one attached hydrogen (secondary N) is 1. The molecule has 2 aromatic carbocycles. The molecule has 1 fully saturated rings. The van der Waals surface area contributed by atoms with Crippen LogP contribution in [0.2, 0.25) is 0 Å². The fourth-order valence-corrected chi connectivity index (χ4v) is 3.31. The number of benzene rings is 2. The maximum atomic E-state index is 12.3. The number of rotatable bonds is 5. The van der Waals surface area contributed by atoms with Gasteiger partial charge in [0.05, 0.1) is 6.54 Å². The minimum atomic E-state index is 0.107. The number of likely N-dealkylation sites (tertiary alicyclic amines) is 1. The Labute approximate surface area is 138 Å². The topological polar surface area (TPSA) is 32.3 Å². The number of aryl methyl sites for hydroxylation is 1. The Morgan fingerprint density at radius 1 is 1.13 bits per heavy atom. The first kappa shape index (κ1) is 15.8. The van der Waals surface area contributed by atoms with Crippen LogP contribution in [0.5, 0.6) is 0 Å². The van der Waals surface area contributed by atoms with E-state index in [4.69, 9.17) is 0 Å². The molecule has 0 saturated carbocycles. The van der Waals surface area contributed by atoms with Gasteiger partial charge in [-0.05, 0) is 43.0 Å². The largest absolute Gasteiger partial charge is 0.351 e. The Hall–Kier alpha value is -2.13. The minimum absolute atomic E-state index is 0.107. The van der Waals surface area contributed by atoms with Crippen molar-refractivity contribution in [2.45, 2.75) is 32.4 Å². The van der Waals surface area contributed by atoms with Crippen LogP contribution in [0.4, 0.5) is 0 Å². The molecule has 0 bridgehead atoms. The van der Waals surface area contributed by atoms with Gasteiger partial charge in [-0.1, -0.05) is 54.6 Å². The highest BCUT2D eigenvalue weighted by Crippen LogP contribution is 2.31. The Balaban J connectivity index is 1.56. The highest BCUT2D eigenvalue weighted by Gasteiger charge is 2.27. The van der Waals surface area contributed by atoms with Crippen molar-refractivity contribution in [3.05, 3.63) is 71.3 Å². The summed E-state index contributed by atoms with van der Waals surface area (Å²) in [4.78, 5) is 14.6. The van der Waals surface area contributed by atoms with Gasteiger partial charge < -0.3 is 5.32 Å². The lowest BCUT2D eigenvalue weighted by molar-refractivity contribution is -0.122. The van der Waals surface area contributed by atoms with Crippen LogP contribution in [0.1, 0.15) is 35.6 Å². The second-order valence-electron chi connectivity index (χ2n) is 6.24. The van der Waals surface area contributed by atoms with E-state index in [1.807, 2.05) is 18.2 Å². The number of amides is 1. The summed E-state index contributed by atoms with van der Waals surface area (Å²) in [7, 11) is 0. The van der Waals surface area contributed by atoms with E-state index in [1.54, 1.807) is 0 Å². The van der Waals surface area contributed by atoms with E-state index in [0.29, 0.717) is 19.1 Å². The molecule has 23 heavy (non-hydrogen) atoms. The lowest BCUT2D eigenvalue weighted by atomic mass is 10.0. The second kappa shape index (κ2) is 7.42. The van der Waals surface area contributed by atoms with Gasteiger partial charge in [0, 0.05) is 12.6 Å². The van der Waals surface area contributed by atoms with E-state index in [-0.39, 0.29) is 5.91 Å². The Morgan fingerprint density at radius 2 is 1.87 bits per heavy atom. The van der Waals surface area contributed by atoms with Gasteiger partial charge in [-0.25, -0.2) is 0 Å². The van der Waals surface area contributed by atoms with Gasteiger partial charge >= 0.3 is 0 Å². The molecular formula is C20H24N2O. The summed E-state index contributed by atoms with van der Waals surface area (Å²) in [5.41, 5.74) is 3.72. The first-order chi connectivity index (χ1) is 11.2. The van der Waals surface area contributed by atoms with Crippen molar-refractivity contribution in [3.63, 3.8) is 0 Å². The molecule has 0 spiro atoms. The zero-order chi connectivity index (χ0) is 16.1. The van der Waals surface area contributed by atoms with Crippen molar-refractivity contribution in [1.29, 1.82) is 0 Å². The highest BCUT2D eigenvalue weighted by atomic mass is 16.2. The molecule has 1 heterocycles. The maximum Gasteiger partial charge on any atom is 0.234 e. The van der Waals surface area contributed by atoms with Crippen molar-refractivity contribution in [1.82, 2.24) is 10.2 Å². The summed E-state index contributed by atoms with van der Waals surface area (Å²) in [5.74, 6) is 0.107. The average molecular weight is 308 g/mol. The third-order valence-electron chi connectivity index (χ3n) is 4.63. The van der Waals surface area contributed by atoms with Crippen LogP contribution in [0, 0.1) is 6.92 Å². The molecule has 1 aliphatic heterocycles. The summed E-state index contributed by atoms with van der Waals surface area (Å²) in [6.07, 6.45) is 2.29. The van der Waals surface area contributed by atoms with Crippen molar-refractivity contribution in [3.8, 4) is 0 Å². The van der Waals surface area contributed by atoms with E-state index < -0.39 is 0 Å². The van der Waals surface area contributed by atoms with Crippen LogP contribution >= 0.6 is 0 Å². The zero-order valence-electron chi connectivity index (χ0n) is 13.7. The molecule has 3 heteroatoms. The molecule has 1 atom stereocenters. The molecule has 3 nitrogen and oxygen atoms in total. The smallest absolute Gasteiger partial charge is 0.234 e. The van der Waals surface area contributed by atoms with Crippen LogP contribution in [-0.4, -0.2) is 23.9 Å². The third-order valence-corrected chi connectivity index (χ3v) is 4.63. The molecule has 0 aromatic heterocycles. The number of hydrogen-bond donors (Lipinski definition) is 1. The van der Waals surface area contributed by atoms with E-state index in [0.717, 1.165) is 19.4 Å². The van der Waals surface area contributed by atoms with Crippen LogP contribution in [0.3, 0.4) is 0 Å². The molecule has 0 aliphatic carbocycles. The predicted molar refractivity (Wildman–Crippen MR) is 93.0 cm³/mol. The van der Waals surface area contributed by atoms with Crippen LogP contribution in [0.25, 0.3) is 0 Å². The highest BCUT2D eigenvalue weighted by molar-refractivity contribution is 5.78. The number of carbonyl (C=O) groups excluding carboxylic acids is 1. The van der Waals surface area contributed by atoms with Crippen molar-refractivity contribution < 1.29 is 4.79 Å². The molecular weight excluding hydrogens is 284 g/mol. The number of nitrogens with zero attached hydrogens (tertiary/aromatic N) is 1. The Morgan fingerprint density at radius 3 is 2.65 bits per heavy atom. The molecule has 120 valence electrons. The molecule has 1 N–H and O–H groups in total. The van der Waals surface area contributed by atoms with E-state index >= 15 is 0 Å². The fourth-order valence-electron chi connectivity index (χ4n) is 3.31. The van der Waals surface area contributed by atoms with Gasteiger partial charge in [0.25, 0.3) is 0 Å². The van der Waals surface area contributed by atoms with E-state index in [9.17, 15) is 4.79 Å². The van der Waals surface area contributed by atoms with Crippen LogP contribution in [0.15, 0.2) is 54.6 Å². The predicted octanol–water partition coefficient (Wildman–Crippen LogP) is 3.45. The van der Waals surface area contributed by atoms with Gasteiger partial charge in [-0.3, -0.25) is 9.69 Å². The standard InChI is InChI=1S/C20H24N2O/c1-16-8-5-6-11-18(16)14-21-20(23)15-22-13-7-12-19(22)17-9-3-2-4-10-17/h2-6,8-11,19H,7,12-15H2,1H3,(H,21,23)/t19-/m1/s1. The van der Waals surface area contributed by atoms with Crippen LogP contribution in [-0.2, 0) is 11.3 Å². The molecule has 0 radical (unpaired) electrons. The first-order valence-electron chi connectivity index (χ1n) is 8.34. The lowest BCUT2D eigenvalue weighted by Crippen LogP contribution is -2.36. The van der Waals surface area contributed by atoms with Gasteiger partial charge in [0.2, 0.25) is 5.91 Å². The van der Waals surface area contributed by atoms with Crippen molar-refractivity contribution >= 4 is 5.91 Å². The minimum Gasteiger partial charge on any atom is -0.351 e. The fraction of sp³-hybridized carbons (Fsp3) is 0.350. The van der Waals surface area contributed by atoms with E-state index in [1.165, 1.54) is 16.7 Å². The summed E-state index contributed by atoms with van der Waals surface area (Å²) in [6.45, 7) is 4.16. The second-order valence-corrected chi connectivity index (χ2v) is 6.24. The number of hydrogen-bond acceptors (Lipinski definition) is 2.